The van der Waals surface area contributed by atoms with Gasteiger partial charge >= 0.3 is 5.97 Å². The number of benzene rings is 2. The summed E-state index contributed by atoms with van der Waals surface area (Å²) >= 11 is 0. The summed E-state index contributed by atoms with van der Waals surface area (Å²) < 4.78 is 33.1. The van der Waals surface area contributed by atoms with Crippen LogP contribution in [0, 0.1) is 5.92 Å². The van der Waals surface area contributed by atoms with Crippen molar-refractivity contribution in [3.05, 3.63) is 78.9 Å². The summed E-state index contributed by atoms with van der Waals surface area (Å²) in [6, 6.07) is 16.1. The highest BCUT2D eigenvalue weighted by Crippen LogP contribution is 2.26. The van der Waals surface area contributed by atoms with Crippen molar-refractivity contribution in [3.8, 4) is 0 Å². The Balaban J connectivity index is 2.42. The van der Waals surface area contributed by atoms with Crippen LogP contribution in [0.5, 0.6) is 0 Å². The van der Waals surface area contributed by atoms with Gasteiger partial charge in [0.05, 0.1) is 23.5 Å². The fraction of sp³-hybridized carbons (Fsp3) is 0.211. The lowest BCUT2D eigenvalue weighted by molar-refractivity contribution is -0.147. The Morgan fingerprint density at radius 3 is 2.20 bits per heavy atom. The third-order valence-corrected chi connectivity index (χ3v) is 5.12. The number of hydrogen-bond acceptors (Lipinski definition) is 4. The van der Waals surface area contributed by atoms with Gasteiger partial charge in [0.1, 0.15) is 0 Å². The number of hydrogen-bond donors (Lipinski definition) is 1. The summed E-state index contributed by atoms with van der Waals surface area (Å²) in [6.45, 7) is 5.58. The molecule has 25 heavy (non-hydrogen) atoms. The molecule has 0 saturated carbocycles. The van der Waals surface area contributed by atoms with Gasteiger partial charge < -0.3 is 4.74 Å². The standard InChI is InChI=1S/C19H21NO4S/c1-3-17(19(21)24-4-2)18(15-11-7-5-8-12-15)20-25(22,23)16-13-9-6-10-14-16/h3,5-14,17-18,20H,1,4H2,2H3/t17-,18-/m1/s1. The summed E-state index contributed by atoms with van der Waals surface area (Å²) in [5.74, 6) is -1.37. The maximum Gasteiger partial charge on any atom is 0.314 e. The van der Waals surface area contributed by atoms with E-state index in [-0.39, 0.29) is 11.5 Å². The minimum absolute atomic E-state index is 0.127. The smallest absolute Gasteiger partial charge is 0.314 e. The zero-order valence-corrected chi connectivity index (χ0v) is 14.8. The maximum atomic E-state index is 12.7. The van der Waals surface area contributed by atoms with Crippen molar-refractivity contribution in [2.45, 2.75) is 17.9 Å². The van der Waals surface area contributed by atoms with Crippen molar-refractivity contribution in [1.29, 1.82) is 0 Å². The molecule has 0 unspecified atom stereocenters. The molecule has 132 valence electrons. The predicted octanol–water partition coefficient (Wildman–Crippen LogP) is 3.07. The van der Waals surface area contributed by atoms with Crippen LogP contribution in [0.3, 0.4) is 0 Å². The number of nitrogens with one attached hydrogen (secondary N) is 1. The quantitative estimate of drug-likeness (QED) is 0.581. The Kier molecular flexibility index (Phi) is 6.50. The lowest BCUT2D eigenvalue weighted by Crippen LogP contribution is -2.36. The van der Waals surface area contributed by atoms with Gasteiger partial charge in [0, 0.05) is 0 Å². The van der Waals surface area contributed by atoms with Gasteiger partial charge in [-0.3, -0.25) is 4.79 Å². The van der Waals surface area contributed by atoms with Gasteiger partial charge in [-0.05, 0) is 24.6 Å². The van der Waals surface area contributed by atoms with Crippen LogP contribution in [-0.2, 0) is 19.6 Å². The Morgan fingerprint density at radius 2 is 1.68 bits per heavy atom. The highest BCUT2D eigenvalue weighted by Gasteiger charge is 2.32. The number of carbonyl (C=O) groups is 1. The van der Waals surface area contributed by atoms with Gasteiger partial charge in [-0.1, -0.05) is 54.6 Å². The summed E-state index contributed by atoms with van der Waals surface area (Å²) in [7, 11) is -3.82. The zero-order chi connectivity index (χ0) is 18.3. The fourth-order valence-corrected chi connectivity index (χ4v) is 3.72. The molecule has 0 aliphatic carbocycles. The van der Waals surface area contributed by atoms with Gasteiger partial charge in [-0.15, -0.1) is 6.58 Å². The van der Waals surface area contributed by atoms with Crippen molar-refractivity contribution in [2.24, 2.45) is 5.92 Å². The first kappa shape index (κ1) is 18.9. The second-order valence-electron chi connectivity index (χ2n) is 5.34. The Bertz CT molecular complexity index is 804. The summed E-state index contributed by atoms with van der Waals surface area (Å²) in [5.41, 5.74) is 0.653. The van der Waals surface area contributed by atoms with Crippen LogP contribution in [0.15, 0.2) is 78.2 Å². The first-order valence-corrected chi connectivity index (χ1v) is 9.39. The monoisotopic (exact) mass is 359 g/mol. The Morgan fingerprint density at radius 1 is 1.12 bits per heavy atom. The maximum absolute atomic E-state index is 12.7. The molecule has 2 aromatic rings. The zero-order valence-electron chi connectivity index (χ0n) is 14.0. The van der Waals surface area contributed by atoms with Gasteiger partial charge in [0.25, 0.3) is 0 Å². The second-order valence-corrected chi connectivity index (χ2v) is 7.05. The number of ether oxygens (including phenoxy) is 1. The molecule has 2 aromatic carbocycles. The normalized spacial score (nSPS) is 13.6. The van der Waals surface area contributed by atoms with E-state index in [0.717, 1.165) is 0 Å². The van der Waals surface area contributed by atoms with E-state index in [4.69, 9.17) is 4.74 Å². The van der Waals surface area contributed by atoms with Crippen LogP contribution in [-0.4, -0.2) is 21.0 Å². The molecule has 6 heteroatoms. The average molecular weight is 359 g/mol. The first-order chi connectivity index (χ1) is 12.0. The molecular weight excluding hydrogens is 338 g/mol. The van der Waals surface area contributed by atoms with Crippen molar-refractivity contribution in [2.75, 3.05) is 6.61 Å². The van der Waals surface area contributed by atoms with Crippen molar-refractivity contribution in [1.82, 2.24) is 4.72 Å². The van der Waals surface area contributed by atoms with E-state index < -0.39 is 28.0 Å². The third kappa shape index (κ3) is 4.78. The van der Waals surface area contributed by atoms with E-state index in [1.165, 1.54) is 18.2 Å². The highest BCUT2D eigenvalue weighted by molar-refractivity contribution is 7.89. The number of sulfonamides is 1. The van der Waals surface area contributed by atoms with Crippen LogP contribution in [0.2, 0.25) is 0 Å². The van der Waals surface area contributed by atoms with Crippen LogP contribution in [0.1, 0.15) is 18.5 Å². The van der Waals surface area contributed by atoms with Gasteiger partial charge in [0.15, 0.2) is 0 Å². The van der Waals surface area contributed by atoms with E-state index in [1.54, 1.807) is 49.4 Å². The van der Waals surface area contributed by atoms with Gasteiger partial charge in [-0.25, -0.2) is 13.1 Å². The minimum Gasteiger partial charge on any atom is -0.465 e. The average Bonchev–Trinajstić information content (AvgIpc) is 2.63. The molecule has 0 spiro atoms. The molecule has 0 aliphatic rings. The van der Waals surface area contributed by atoms with Crippen LogP contribution < -0.4 is 4.72 Å². The van der Waals surface area contributed by atoms with Crippen molar-refractivity contribution < 1.29 is 17.9 Å². The van der Waals surface area contributed by atoms with E-state index in [0.29, 0.717) is 5.56 Å². The van der Waals surface area contributed by atoms with Crippen molar-refractivity contribution >= 4 is 16.0 Å². The number of carbonyl (C=O) groups excluding carboxylic acids is 1. The molecule has 0 bridgehead atoms. The third-order valence-electron chi connectivity index (χ3n) is 3.67. The van der Waals surface area contributed by atoms with Gasteiger partial charge in [0.2, 0.25) is 10.0 Å². The molecule has 0 aromatic heterocycles. The van der Waals surface area contributed by atoms with E-state index in [2.05, 4.69) is 11.3 Å². The van der Waals surface area contributed by atoms with E-state index in [9.17, 15) is 13.2 Å². The molecule has 0 aliphatic heterocycles. The van der Waals surface area contributed by atoms with Crippen molar-refractivity contribution in [3.63, 3.8) is 0 Å². The highest BCUT2D eigenvalue weighted by atomic mass is 32.2. The summed E-state index contributed by atoms with van der Waals surface area (Å²) in [5, 5.41) is 0. The first-order valence-electron chi connectivity index (χ1n) is 7.91. The molecule has 1 N–H and O–H groups in total. The molecular formula is C19H21NO4S. The second kappa shape index (κ2) is 8.60. The molecule has 0 saturated heterocycles. The van der Waals surface area contributed by atoms with E-state index >= 15 is 0 Å². The van der Waals surface area contributed by atoms with E-state index in [1.807, 2.05) is 6.07 Å². The Labute approximate surface area is 148 Å². The fourth-order valence-electron chi connectivity index (χ4n) is 2.45. The largest absolute Gasteiger partial charge is 0.465 e. The Hall–Kier alpha value is -2.44. The topological polar surface area (TPSA) is 72.5 Å². The molecule has 0 heterocycles. The molecule has 2 rings (SSSR count). The lowest BCUT2D eigenvalue weighted by Gasteiger charge is -2.24. The van der Waals surface area contributed by atoms with Gasteiger partial charge in [-0.2, -0.15) is 0 Å². The van der Waals surface area contributed by atoms with Crippen LogP contribution >= 0.6 is 0 Å². The summed E-state index contributed by atoms with van der Waals surface area (Å²) in [4.78, 5) is 12.4. The predicted molar refractivity (Wildman–Crippen MR) is 96.3 cm³/mol. The molecule has 0 amide bonds. The molecule has 0 fully saturated rings. The minimum atomic E-state index is -3.82. The SMILES string of the molecule is C=C[C@@H](C(=O)OCC)[C@H](NS(=O)(=O)c1ccccc1)c1ccccc1. The lowest BCUT2D eigenvalue weighted by atomic mass is 9.94. The number of rotatable bonds is 8. The van der Waals surface area contributed by atoms with Crippen LogP contribution in [0.4, 0.5) is 0 Å². The number of esters is 1. The van der Waals surface area contributed by atoms with Crippen LogP contribution in [0.25, 0.3) is 0 Å². The molecule has 5 nitrogen and oxygen atoms in total. The summed E-state index contributed by atoms with van der Waals surface area (Å²) in [6.07, 6.45) is 1.41. The molecule has 0 radical (unpaired) electrons. The molecule has 2 atom stereocenters.